The first kappa shape index (κ1) is 23.5. The molecule has 0 radical (unpaired) electrons. The van der Waals surface area contributed by atoms with Crippen LogP contribution < -0.4 is 5.32 Å². The first-order valence-electron chi connectivity index (χ1n) is 9.08. The van der Waals surface area contributed by atoms with E-state index in [1.165, 1.54) is 6.07 Å². The second kappa shape index (κ2) is 8.91. The van der Waals surface area contributed by atoms with Crippen LogP contribution in [0.1, 0.15) is 48.7 Å². The molecule has 1 saturated heterocycles. The number of hydrogen-bond donors (Lipinski definition) is 2. The van der Waals surface area contributed by atoms with Crippen LogP contribution >= 0.6 is 15.9 Å². The van der Waals surface area contributed by atoms with Gasteiger partial charge in [0, 0.05) is 24.1 Å². The molecule has 0 bridgehead atoms. The van der Waals surface area contributed by atoms with Crippen LogP contribution in [-0.4, -0.2) is 47.3 Å². The first-order valence-corrected chi connectivity index (χ1v) is 9.87. The maximum atomic E-state index is 13.5. The third-order valence-electron chi connectivity index (χ3n) is 4.43. The van der Waals surface area contributed by atoms with Gasteiger partial charge in [-0.25, -0.2) is 9.59 Å². The fraction of sp³-hybridized carbons (Fsp3) is 0.579. The maximum Gasteiger partial charge on any atom is 0.416 e. The van der Waals surface area contributed by atoms with Gasteiger partial charge in [0.05, 0.1) is 11.1 Å². The molecular weight excluding hydrogens is 457 g/mol. The summed E-state index contributed by atoms with van der Waals surface area (Å²) in [5.74, 6) is -1.33. The number of rotatable bonds is 5. The summed E-state index contributed by atoms with van der Waals surface area (Å²) in [4.78, 5) is 24.7. The Morgan fingerprint density at radius 1 is 1.31 bits per heavy atom. The summed E-state index contributed by atoms with van der Waals surface area (Å²) in [7, 11) is 0. The van der Waals surface area contributed by atoms with Gasteiger partial charge in [0.2, 0.25) is 0 Å². The van der Waals surface area contributed by atoms with Crippen molar-refractivity contribution in [1.29, 1.82) is 0 Å². The molecule has 1 heterocycles. The van der Waals surface area contributed by atoms with Crippen LogP contribution in [0.4, 0.5) is 18.0 Å². The minimum atomic E-state index is -4.67. The number of amides is 1. The Kier molecular flexibility index (Phi) is 7.21. The molecule has 0 spiro atoms. The van der Waals surface area contributed by atoms with Gasteiger partial charge in [0.15, 0.2) is 0 Å². The zero-order chi connectivity index (χ0) is 22.0. The third-order valence-corrected chi connectivity index (χ3v) is 5.14. The van der Waals surface area contributed by atoms with Gasteiger partial charge in [-0.1, -0.05) is 15.9 Å². The van der Waals surface area contributed by atoms with E-state index in [-0.39, 0.29) is 22.5 Å². The van der Waals surface area contributed by atoms with Crippen molar-refractivity contribution in [2.75, 3.05) is 19.6 Å². The van der Waals surface area contributed by atoms with Gasteiger partial charge < -0.3 is 15.2 Å². The summed E-state index contributed by atoms with van der Waals surface area (Å²) < 4.78 is 45.7. The van der Waals surface area contributed by atoms with Crippen molar-refractivity contribution in [3.05, 3.63) is 33.3 Å². The van der Waals surface area contributed by atoms with Crippen molar-refractivity contribution in [3.63, 3.8) is 0 Å². The number of carboxylic acid groups (broad SMARTS) is 1. The number of alkyl halides is 3. The summed E-state index contributed by atoms with van der Waals surface area (Å²) in [6, 6.07) is 1.85. The average molecular weight is 481 g/mol. The van der Waals surface area contributed by atoms with E-state index in [2.05, 4.69) is 21.2 Å². The number of carbonyl (C=O) groups is 2. The van der Waals surface area contributed by atoms with Crippen molar-refractivity contribution >= 4 is 28.0 Å². The second-order valence-electron chi connectivity index (χ2n) is 8.06. The number of likely N-dealkylation sites (tertiary alicyclic amines) is 1. The number of hydrogen-bond acceptors (Lipinski definition) is 4. The fourth-order valence-corrected chi connectivity index (χ4v) is 3.75. The van der Waals surface area contributed by atoms with Crippen LogP contribution in [0.5, 0.6) is 0 Å². The molecule has 0 aromatic heterocycles. The second-order valence-corrected chi connectivity index (χ2v) is 8.91. The standard InChI is InChI=1S/C19H24BrF3N2O4/c1-18(2,3)29-17(28)24-8-11-4-5-25(9-11)10-13-14(19(21,22)23)6-12(16(26)27)7-15(13)20/h6-7,11H,4-5,8-10H2,1-3H3,(H,24,28)(H,26,27)/t11-/m1/s1. The van der Waals surface area contributed by atoms with E-state index in [1.807, 2.05) is 4.90 Å². The van der Waals surface area contributed by atoms with E-state index in [9.17, 15) is 22.8 Å². The summed E-state index contributed by atoms with van der Waals surface area (Å²) in [6.45, 7) is 6.76. The molecule has 2 rings (SSSR count). The molecule has 1 aliphatic rings. The number of ether oxygens (including phenoxy) is 1. The van der Waals surface area contributed by atoms with E-state index in [0.717, 1.165) is 6.42 Å². The minimum absolute atomic E-state index is 0.00301. The average Bonchev–Trinajstić information content (AvgIpc) is 2.99. The number of nitrogens with zero attached hydrogens (tertiary/aromatic N) is 1. The Morgan fingerprint density at radius 2 is 1.97 bits per heavy atom. The van der Waals surface area contributed by atoms with Gasteiger partial charge in [-0.3, -0.25) is 4.90 Å². The van der Waals surface area contributed by atoms with Crippen LogP contribution in [0.2, 0.25) is 0 Å². The lowest BCUT2D eigenvalue weighted by Gasteiger charge is -2.22. The smallest absolute Gasteiger partial charge is 0.416 e. The van der Waals surface area contributed by atoms with Gasteiger partial charge >= 0.3 is 18.2 Å². The van der Waals surface area contributed by atoms with Crippen LogP contribution in [0.3, 0.4) is 0 Å². The van der Waals surface area contributed by atoms with Gasteiger partial charge in [0.1, 0.15) is 5.60 Å². The monoisotopic (exact) mass is 480 g/mol. The Labute approximate surface area is 175 Å². The zero-order valence-corrected chi connectivity index (χ0v) is 18.0. The molecule has 0 unspecified atom stereocenters. The van der Waals surface area contributed by atoms with Crippen LogP contribution in [0.25, 0.3) is 0 Å². The molecule has 10 heteroatoms. The van der Waals surface area contributed by atoms with Gasteiger partial charge in [-0.2, -0.15) is 13.2 Å². The quantitative estimate of drug-likeness (QED) is 0.647. The molecule has 0 aliphatic carbocycles. The number of benzene rings is 1. The molecule has 162 valence electrons. The zero-order valence-electron chi connectivity index (χ0n) is 16.4. The van der Waals surface area contributed by atoms with Crippen molar-refractivity contribution in [2.45, 2.75) is 45.5 Å². The minimum Gasteiger partial charge on any atom is -0.478 e. The van der Waals surface area contributed by atoms with Crippen molar-refractivity contribution in [1.82, 2.24) is 10.2 Å². The Balaban J connectivity index is 2.04. The topological polar surface area (TPSA) is 78.9 Å². The highest BCUT2D eigenvalue weighted by Gasteiger charge is 2.36. The SMILES string of the molecule is CC(C)(C)OC(=O)NC[C@H]1CCN(Cc2c(Br)cc(C(=O)O)cc2C(F)(F)F)C1. The van der Waals surface area contributed by atoms with E-state index in [4.69, 9.17) is 9.84 Å². The maximum absolute atomic E-state index is 13.5. The van der Waals surface area contributed by atoms with Crippen molar-refractivity contribution in [2.24, 2.45) is 5.92 Å². The van der Waals surface area contributed by atoms with Gasteiger partial charge in [-0.15, -0.1) is 0 Å². The number of carbonyl (C=O) groups excluding carboxylic acids is 1. The molecule has 1 atom stereocenters. The lowest BCUT2D eigenvalue weighted by molar-refractivity contribution is -0.138. The first-order chi connectivity index (χ1) is 13.3. The summed E-state index contributed by atoms with van der Waals surface area (Å²) >= 11 is 3.10. The van der Waals surface area contributed by atoms with E-state index < -0.39 is 35.0 Å². The molecule has 1 aromatic rings. The molecule has 0 saturated carbocycles. The predicted molar refractivity (Wildman–Crippen MR) is 104 cm³/mol. The Hall–Kier alpha value is -1.81. The van der Waals surface area contributed by atoms with Crippen LogP contribution in [0, 0.1) is 5.92 Å². The largest absolute Gasteiger partial charge is 0.478 e. The van der Waals surface area contributed by atoms with Crippen LogP contribution in [0.15, 0.2) is 16.6 Å². The number of nitrogens with one attached hydrogen (secondary N) is 1. The molecule has 2 N–H and O–H groups in total. The van der Waals surface area contributed by atoms with Crippen LogP contribution in [-0.2, 0) is 17.5 Å². The molecular formula is C19H24BrF3N2O4. The Bertz CT molecular complexity index is 778. The summed E-state index contributed by atoms with van der Waals surface area (Å²) in [6.07, 6.45) is -4.47. The number of alkyl carbamates (subject to hydrolysis) is 1. The van der Waals surface area contributed by atoms with Crippen molar-refractivity contribution in [3.8, 4) is 0 Å². The number of carboxylic acids is 1. The highest BCUT2D eigenvalue weighted by Crippen LogP contribution is 2.37. The summed E-state index contributed by atoms with van der Waals surface area (Å²) in [5, 5.41) is 11.7. The van der Waals surface area contributed by atoms with E-state index >= 15 is 0 Å². The van der Waals surface area contributed by atoms with Crippen molar-refractivity contribution < 1.29 is 32.6 Å². The molecule has 1 aliphatic heterocycles. The molecule has 1 fully saturated rings. The molecule has 6 nitrogen and oxygen atoms in total. The van der Waals surface area contributed by atoms with E-state index in [1.54, 1.807) is 20.8 Å². The number of aromatic carboxylic acids is 1. The molecule has 1 amide bonds. The van der Waals surface area contributed by atoms with Gasteiger partial charge in [0.25, 0.3) is 0 Å². The number of halogens is 4. The normalized spacial score (nSPS) is 18.0. The lowest BCUT2D eigenvalue weighted by Crippen LogP contribution is -2.36. The predicted octanol–water partition coefficient (Wildman–Crippen LogP) is 4.51. The highest BCUT2D eigenvalue weighted by molar-refractivity contribution is 9.10. The molecule has 1 aromatic carbocycles. The van der Waals surface area contributed by atoms with E-state index in [0.29, 0.717) is 25.7 Å². The summed E-state index contributed by atoms with van der Waals surface area (Å²) in [5.41, 5.74) is -1.98. The fourth-order valence-electron chi connectivity index (χ4n) is 3.16. The molecule has 29 heavy (non-hydrogen) atoms. The van der Waals surface area contributed by atoms with Gasteiger partial charge in [-0.05, 0) is 57.4 Å². The third kappa shape index (κ3) is 6.88. The Morgan fingerprint density at radius 3 is 2.52 bits per heavy atom. The highest BCUT2D eigenvalue weighted by atomic mass is 79.9. The lowest BCUT2D eigenvalue weighted by atomic mass is 10.0.